The first-order valence-corrected chi connectivity index (χ1v) is 10.6. The van der Waals surface area contributed by atoms with E-state index in [9.17, 15) is 13.2 Å². The van der Waals surface area contributed by atoms with Crippen molar-refractivity contribution < 1.29 is 13.2 Å². The van der Waals surface area contributed by atoms with Crippen molar-refractivity contribution in [2.24, 2.45) is 0 Å². The molecule has 0 aromatic heterocycles. The number of nitrogens with one attached hydrogen (secondary N) is 1. The second kappa shape index (κ2) is 6.92. The van der Waals surface area contributed by atoms with Crippen LogP contribution in [0.4, 0.5) is 0 Å². The molecule has 1 amide bonds. The molecule has 0 atom stereocenters. The predicted molar refractivity (Wildman–Crippen MR) is 101 cm³/mol. The van der Waals surface area contributed by atoms with Gasteiger partial charge in [-0.1, -0.05) is 45.8 Å². The molecular formula is C19H20BrNO3S. The minimum Gasteiger partial charge on any atom is -0.347 e. The van der Waals surface area contributed by atoms with Crippen molar-refractivity contribution in [2.45, 2.75) is 36.6 Å². The van der Waals surface area contributed by atoms with Gasteiger partial charge in [0.25, 0.3) is 0 Å². The fourth-order valence-electron chi connectivity index (χ4n) is 2.80. The number of hydrogen-bond acceptors (Lipinski definition) is 3. The maximum atomic E-state index is 12.4. The number of aryl methyl sites for hydroxylation is 1. The van der Waals surface area contributed by atoms with Crippen molar-refractivity contribution >= 4 is 31.7 Å². The maximum absolute atomic E-state index is 12.4. The first-order chi connectivity index (χ1) is 11.8. The average Bonchev–Trinajstić information content (AvgIpc) is 3.35. The van der Waals surface area contributed by atoms with Gasteiger partial charge in [0.1, 0.15) is 0 Å². The number of hydrogen-bond donors (Lipinski definition) is 1. The minimum atomic E-state index is -3.44. The van der Waals surface area contributed by atoms with Gasteiger partial charge in [-0.2, -0.15) is 0 Å². The van der Waals surface area contributed by atoms with E-state index in [0.717, 1.165) is 28.4 Å². The summed E-state index contributed by atoms with van der Waals surface area (Å²) in [6.07, 6.45) is 1.73. The molecule has 0 aliphatic heterocycles. The molecule has 1 saturated carbocycles. The van der Waals surface area contributed by atoms with Crippen molar-refractivity contribution in [1.82, 2.24) is 5.32 Å². The standard InChI is InChI=1S/C19H20BrNO3S/c1-14-2-8-17(9-3-14)25(23,24)13-10-18(22)21-19(11-12-19)15-4-6-16(20)7-5-15/h2-9H,10-13H2,1H3,(H,21,22). The number of rotatable bonds is 6. The Hall–Kier alpha value is -1.66. The van der Waals surface area contributed by atoms with Crippen LogP contribution in [0.5, 0.6) is 0 Å². The van der Waals surface area contributed by atoms with E-state index in [-0.39, 0.29) is 28.5 Å². The average molecular weight is 422 g/mol. The van der Waals surface area contributed by atoms with Gasteiger partial charge in [0.15, 0.2) is 9.84 Å². The topological polar surface area (TPSA) is 63.2 Å². The van der Waals surface area contributed by atoms with Gasteiger partial charge in [0.05, 0.1) is 16.2 Å². The van der Waals surface area contributed by atoms with E-state index < -0.39 is 9.84 Å². The van der Waals surface area contributed by atoms with Crippen LogP contribution >= 0.6 is 15.9 Å². The van der Waals surface area contributed by atoms with Gasteiger partial charge >= 0.3 is 0 Å². The van der Waals surface area contributed by atoms with E-state index >= 15 is 0 Å². The monoisotopic (exact) mass is 421 g/mol. The number of carbonyl (C=O) groups excluding carboxylic acids is 1. The Kier molecular flexibility index (Phi) is 5.02. The SMILES string of the molecule is Cc1ccc(S(=O)(=O)CCC(=O)NC2(c3ccc(Br)cc3)CC2)cc1. The van der Waals surface area contributed by atoms with Crippen LogP contribution in [0.3, 0.4) is 0 Å². The van der Waals surface area contributed by atoms with Crippen molar-refractivity contribution in [3.8, 4) is 0 Å². The van der Waals surface area contributed by atoms with Crippen LogP contribution < -0.4 is 5.32 Å². The Balaban J connectivity index is 1.61. The molecule has 1 N–H and O–H groups in total. The summed E-state index contributed by atoms with van der Waals surface area (Å²) in [4.78, 5) is 12.6. The van der Waals surface area contributed by atoms with Crippen molar-refractivity contribution in [3.05, 3.63) is 64.1 Å². The highest BCUT2D eigenvalue weighted by Gasteiger charge is 2.45. The molecule has 132 valence electrons. The van der Waals surface area contributed by atoms with Crippen LogP contribution in [0.1, 0.15) is 30.4 Å². The van der Waals surface area contributed by atoms with E-state index in [1.165, 1.54) is 0 Å². The van der Waals surface area contributed by atoms with Gasteiger partial charge in [-0.25, -0.2) is 8.42 Å². The summed E-state index contributed by atoms with van der Waals surface area (Å²) in [7, 11) is -3.44. The molecule has 0 saturated heterocycles. The van der Waals surface area contributed by atoms with E-state index in [1.54, 1.807) is 24.3 Å². The van der Waals surface area contributed by atoms with Gasteiger partial charge in [-0.3, -0.25) is 4.79 Å². The zero-order valence-electron chi connectivity index (χ0n) is 14.0. The highest BCUT2D eigenvalue weighted by atomic mass is 79.9. The Morgan fingerprint density at radius 1 is 1.08 bits per heavy atom. The third kappa shape index (κ3) is 4.30. The van der Waals surface area contributed by atoms with Gasteiger partial charge in [0.2, 0.25) is 5.91 Å². The van der Waals surface area contributed by atoms with Crippen LogP contribution in [0.25, 0.3) is 0 Å². The first kappa shape index (κ1) is 18.1. The van der Waals surface area contributed by atoms with Crippen LogP contribution in [-0.4, -0.2) is 20.1 Å². The van der Waals surface area contributed by atoms with Crippen LogP contribution in [0, 0.1) is 6.92 Å². The Morgan fingerprint density at radius 2 is 1.68 bits per heavy atom. The molecule has 1 aliphatic carbocycles. The van der Waals surface area contributed by atoms with Gasteiger partial charge in [0, 0.05) is 10.9 Å². The van der Waals surface area contributed by atoms with Crippen molar-refractivity contribution in [2.75, 3.05) is 5.75 Å². The Labute approximate surface area is 156 Å². The summed E-state index contributed by atoms with van der Waals surface area (Å²) in [5.41, 5.74) is 1.73. The second-order valence-electron chi connectivity index (χ2n) is 6.52. The first-order valence-electron chi connectivity index (χ1n) is 8.17. The van der Waals surface area contributed by atoms with Crippen molar-refractivity contribution in [3.63, 3.8) is 0 Å². The molecule has 3 rings (SSSR count). The maximum Gasteiger partial charge on any atom is 0.221 e. The summed E-state index contributed by atoms with van der Waals surface area (Å²) in [6.45, 7) is 1.90. The molecule has 2 aromatic rings. The summed E-state index contributed by atoms with van der Waals surface area (Å²) in [5.74, 6) is -0.408. The molecule has 1 fully saturated rings. The van der Waals surface area contributed by atoms with E-state index in [2.05, 4.69) is 21.2 Å². The lowest BCUT2D eigenvalue weighted by Crippen LogP contribution is -2.35. The fourth-order valence-corrected chi connectivity index (χ4v) is 4.30. The summed E-state index contributed by atoms with van der Waals surface area (Å²) < 4.78 is 25.7. The number of amides is 1. The molecule has 4 nitrogen and oxygen atoms in total. The fraction of sp³-hybridized carbons (Fsp3) is 0.316. The molecule has 0 radical (unpaired) electrons. The summed E-state index contributed by atoms with van der Waals surface area (Å²) >= 11 is 3.40. The Bertz CT molecular complexity index is 870. The van der Waals surface area contributed by atoms with Gasteiger partial charge in [-0.05, 0) is 49.6 Å². The zero-order valence-corrected chi connectivity index (χ0v) is 16.4. The Morgan fingerprint density at radius 3 is 2.24 bits per heavy atom. The molecule has 1 aliphatic rings. The smallest absolute Gasteiger partial charge is 0.221 e. The second-order valence-corrected chi connectivity index (χ2v) is 9.54. The summed E-state index contributed by atoms with van der Waals surface area (Å²) in [5, 5.41) is 3.02. The quantitative estimate of drug-likeness (QED) is 0.772. The normalized spacial score (nSPS) is 15.6. The molecule has 25 heavy (non-hydrogen) atoms. The van der Waals surface area contributed by atoms with Crippen LogP contribution in [-0.2, 0) is 20.2 Å². The third-order valence-corrected chi connectivity index (χ3v) is 6.76. The number of carbonyl (C=O) groups is 1. The molecule has 6 heteroatoms. The lowest BCUT2D eigenvalue weighted by Gasteiger charge is -2.18. The van der Waals surface area contributed by atoms with Crippen molar-refractivity contribution in [1.29, 1.82) is 0 Å². The number of benzene rings is 2. The van der Waals surface area contributed by atoms with E-state index in [4.69, 9.17) is 0 Å². The number of halogens is 1. The predicted octanol–water partition coefficient (Wildman–Crippen LogP) is 3.73. The molecule has 0 heterocycles. The van der Waals surface area contributed by atoms with Crippen LogP contribution in [0.15, 0.2) is 57.9 Å². The summed E-state index contributed by atoms with van der Waals surface area (Å²) in [6, 6.07) is 14.6. The highest BCUT2D eigenvalue weighted by Crippen LogP contribution is 2.45. The van der Waals surface area contributed by atoms with E-state index in [0.29, 0.717) is 0 Å². The van der Waals surface area contributed by atoms with E-state index in [1.807, 2.05) is 31.2 Å². The largest absolute Gasteiger partial charge is 0.347 e. The highest BCUT2D eigenvalue weighted by molar-refractivity contribution is 9.10. The van der Waals surface area contributed by atoms with Gasteiger partial charge < -0.3 is 5.32 Å². The van der Waals surface area contributed by atoms with Gasteiger partial charge in [-0.15, -0.1) is 0 Å². The third-order valence-electron chi connectivity index (χ3n) is 4.50. The minimum absolute atomic E-state index is 0.0332. The molecule has 2 aromatic carbocycles. The number of sulfone groups is 1. The lowest BCUT2D eigenvalue weighted by molar-refractivity contribution is -0.121. The zero-order chi connectivity index (χ0) is 18.1. The molecular weight excluding hydrogens is 402 g/mol. The van der Waals surface area contributed by atoms with Crippen LogP contribution in [0.2, 0.25) is 0 Å². The lowest BCUT2D eigenvalue weighted by atomic mass is 10.1. The molecule has 0 unspecified atom stereocenters. The molecule has 0 bridgehead atoms. The molecule has 0 spiro atoms.